The van der Waals surface area contributed by atoms with E-state index in [1.54, 1.807) is 34.6 Å². The molecular weight excluding hydrogens is 464 g/mol. The average Bonchev–Trinajstić information content (AvgIpc) is 3.25. The van der Waals surface area contributed by atoms with Crippen molar-refractivity contribution in [2.24, 2.45) is 0 Å². The topological polar surface area (TPSA) is 84.9 Å². The maximum Gasteiger partial charge on any atom is 0.244 e. The third-order valence-electron chi connectivity index (χ3n) is 6.36. The SMILES string of the molecule is O=C(/C=C/c1ccc(S(=O)(=O)N2CCCCCC2)cc1)NCc1ccc(OCC2CCCO2)cc1. The zero-order chi connectivity index (χ0) is 24.5. The van der Waals surface area contributed by atoms with Gasteiger partial charge in [-0.05, 0) is 67.2 Å². The van der Waals surface area contributed by atoms with Crippen molar-refractivity contribution >= 4 is 22.0 Å². The molecule has 2 heterocycles. The van der Waals surface area contributed by atoms with E-state index in [-0.39, 0.29) is 12.0 Å². The molecule has 0 radical (unpaired) electrons. The van der Waals surface area contributed by atoms with Gasteiger partial charge >= 0.3 is 0 Å². The van der Waals surface area contributed by atoms with Crippen LogP contribution in [0.3, 0.4) is 0 Å². The van der Waals surface area contributed by atoms with Crippen LogP contribution in [-0.4, -0.2) is 51.0 Å². The van der Waals surface area contributed by atoms with E-state index >= 15 is 0 Å². The number of hydrogen-bond donors (Lipinski definition) is 1. The lowest BCUT2D eigenvalue weighted by Crippen LogP contribution is -2.31. The van der Waals surface area contributed by atoms with E-state index in [2.05, 4.69) is 5.32 Å². The van der Waals surface area contributed by atoms with Gasteiger partial charge in [-0.3, -0.25) is 4.79 Å². The molecule has 35 heavy (non-hydrogen) atoms. The molecule has 0 aliphatic carbocycles. The van der Waals surface area contributed by atoms with Crippen molar-refractivity contribution in [2.45, 2.75) is 56.1 Å². The molecule has 2 aromatic rings. The Hall–Kier alpha value is -2.68. The highest BCUT2D eigenvalue weighted by Crippen LogP contribution is 2.21. The highest BCUT2D eigenvalue weighted by atomic mass is 32.2. The van der Waals surface area contributed by atoms with E-state index in [0.29, 0.717) is 31.1 Å². The number of sulfonamides is 1. The standard InChI is InChI=1S/C27H34N2O5S/c30-27(28-20-23-7-12-24(13-8-23)34-21-25-6-5-19-33-25)16-11-22-9-14-26(15-10-22)35(31,32)29-17-3-1-2-4-18-29/h7-16,25H,1-6,17-21H2,(H,28,30)/b16-11+. The first-order valence-corrected chi connectivity index (χ1v) is 13.8. The predicted octanol–water partition coefficient (Wildman–Crippen LogP) is 4.14. The van der Waals surface area contributed by atoms with E-state index in [9.17, 15) is 13.2 Å². The van der Waals surface area contributed by atoms with Gasteiger partial charge < -0.3 is 14.8 Å². The van der Waals surface area contributed by atoms with Crippen molar-refractivity contribution in [3.63, 3.8) is 0 Å². The van der Waals surface area contributed by atoms with E-state index in [1.165, 1.54) is 6.08 Å². The number of carbonyl (C=O) groups excluding carboxylic acids is 1. The van der Waals surface area contributed by atoms with Crippen LogP contribution in [0, 0.1) is 0 Å². The lowest BCUT2D eigenvalue weighted by Gasteiger charge is -2.19. The van der Waals surface area contributed by atoms with Gasteiger partial charge in [-0.1, -0.05) is 37.1 Å². The van der Waals surface area contributed by atoms with Crippen LogP contribution in [0.25, 0.3) is 6.08 Å². The van der Waals surface area contributed by atoms with Crippen LogP contribution < -0.4 is 10.1 Å². The van der Waals surface area contributed by atoms with Gasteiger partial charge in [0.25, 0.3) is 0 Å². The number of hydrogen-bond acceptors (Lipinski definition) is 5. The van der Waals surface area contributed by atoms with Gasteiger partial charge in [0.1, 0.15) is 12.4 Å². The summed E-state index contributed by atoms with van der Waals surface area (Å²) in [5, 5.41) is 2.86. The van der Waals surface area contributed by atoms with E-state index in [4.69, 9.17) is 9.47 Å². The molecule has 188 valence electrons. The molecule has 1 unspecified atom stereocenters. The predicted molar refractivity (Wildman–Crippen MR) is 135 cm³/mol. The van der Waals surface area contributed by atoms with E-state index in [1.807, 2.05) is 24.3 Å². The summed E-state index contributed by atoms with van der Waals surface area (Å²) in [5.41, 5.74) is 1.74. The Morgan fingerprint density at radius 1 is 1.00 bits per heavy atom. The molecule has 8 heteroatoms. The van der Waals surface area contributed by atoms with E-state index < -0.39 is 10.0 Å². The van der Waals surface area contributed by atoms with Gasteiger partial charge in [0.2, 0.25) is 15.9 Å². The number of benzene rings is 2. The molecule has 2 aromatic carbocycles. The number of nitrogens with zero attached hydrogens (tertiary/aromatic N) is 1. The molecule has 0 aromatic heterocycles. The summed E-state index contributed by atoms with van der Waals surface area (Å²) in [6.07, 6.45) is 9.41. The van der Waals surface area contributed by atoms with Gasteiger partial charge in [0, 0.05) is 32.3 Å². The van der Waals surface area contributed by atoms with Crippen molar-refractivity contribution in [1.29, 1.82) is 0 Å². The smallest absolute Gasteiger partial charge is 0.244 e. The molecule has 2 saturated heterocycles. The monoisotopic (exact) mass is 498 g/mol. The fraction of sp³-hybridized carbons (Fsp3) is 0.444. The zero-order valence-corrected chi connectivity index (χ0v) is 20.8. The Bertz CT molecular complexity index is 1080. The minimum atomic E-state index is -3.47. The van der Waals surface area contributed by atoms with Gasteiger partial charge in [0.05, 0.1) is 11.0 Å². The molecule has 0 bridgehead atoms. The molecule has 1 amide bonds. The zero-order valence-electron chi connectivity index (χ0n) is 20.0. The lowest BCUT2D eigenvalue weighted by atomic mass is 10.2. The van der Waals surface area contributed by atoms with Crippen molar-refractivity contribution in [2.75, 3.05) is 26.3 Å². The second kappa shape index (κ2) is 12.3. The highest BCUT2D eigenvalue weighted by molar-refractivity contribution is 7.89. The number of rotatable bonds is 9. The number of nitrogens with one attached hydrogen (secondary N) is 1. The van der Waals surface area contributed by atoms with Crippen molar-refractivity contribution in [1.82, 2.24) is 9.62 Å². The minimum absolute atomic E-state index is 0.181. The van der Waals surface area contributed by atoms with E-state index in [0.717, 1.165) is 62.0 Å². The van der Waals surface area contributed by atoms with Gasteiger partial charge in [-0.15, -0.1) is 0 Å². The third kappa shape index (κ3) is 7.40. The molecule has 2 fully saturated rings. The van der Waals surface area contributed by atoms with Crippen LogP contribution in [0.1, 0.15) is 49.7 Å². The normalized spacial score (nSPS) is 19.5. The Balaban J connectivity index is 1.24. The molecular formula is C27H34N2O5S. The maximum absolute atomic E-state index is 12.9. The van der Waals surface area contributed by atoms with Crippen LogP contribution >= 0.6 is 0 Å². The summed E-state index contributed by atoms with van der Waals surface area (Å²) in [6, 6.07) is 14.3. The summed E-state index contributed by atoms with van der Waals surface area (Å²) in [4.78, 5) is 12.5. The second-order valence-electron chi connectivity index (χ2n) is 9.03. The Morgan fingerprint density at radius 3 is 2.37 bits per heavy atom. The number of ether oxygens (including phenoxy) is 2. The Labute approximate surface area is 208 Å². The van der Waals surface area contributed by atoms with Crippen LogP contribution in [0.2, 0.25) is 0 Å². The second-order valence-corrected chi connectivity index (χ2v) is 11.0. The van der Waals surface area contributed by atoms with Crippen molar-refractivity contribution in [3.8, 4) is 5.75 Å². The fourth-order valence-corrected chi connectivity index (χ4v) is 5.79. The largest absolute Gasteiger partial charge is 0.491 e. The van der Waals surface area contributed by atoms with Crippen molar-refractivity contribution < 1.29 is 22.7 Å². The molecule has 1 N–H and O–H groups in total. The molecule has 2 aliphatic rings. The van der Waals surface area contributed by atoms with Crippen molar-refractivity contribution in [3.05, 3.63) is 65.7 Å². The summed E-state index contributed by atoms with van der Waals surface area (Å²) in [5.74, 6) is 0.571. The Morgan fingerprint density at radius 2 is 1.71 bits per heavy atom. The first-order chi connectivity index (χ1) is 17.0. The molecule has 0 saturated carbocycles. The van der Waals surface area contributed by atoms with Crippen LogP contribution in [-0.2, 0) is 26.1 Å². The van der Waals surface area contributed by atoms with Gasteiger partial charge in [-0.2, -0.15) is 4.31 Å². The number of amides is 1. The molecule has 1 atom stereocenters. The van der Waals surface area contributed by atoms with Crippen LogP contribution in [0.5, 0.6) is 5.75 Å². The fourth-order valence-electron chi connectivity index (χ4n) is 4.27. The quantitative estimate of drug-likeness (QED) is 0.526. The highest BCUT2D eigenvalue weighted by Gasteiger charge is 2.24. The third-order valence-corrected chi connectivity index (χ3v) is 8.27. The number of carbonyl (C=O) groups is 1. The summed E-state index contributed by atoms with van der Waals surface area (Å²) in [7, 11) is -3.47. The van der Waals surface area contributed by atoms with Gasteiger partial charge in [0.15, 0.2) is 0 Å². The molecule has 4 rings (SSSR count). The summed E-state index contributed by atoms with van der Waals surface area (Å²) < 4.78 is 38.7. The first kappa shape index (κ1) is 25.4. The molecule has 7 nitrogen and oxygen atoms in total. The van der Waals surface area contributed by atoms with Crippen LogP contribution in [0.4, 0.5) is 0 Å². The summed E-state index contributed by atoms with van der Waals surface area (Å²) >= 11 is 0. The first-order valence-electron chi connectivity index (χ1n) is 12.4. The molecule has 0 spiro atoms. The minimum Gasteiger partial charge on any atom is -0.491 e. The molecule has 2 aliphatic heterocycles. The Kier molecular flexibility index (Phi) is 8.95. The maximum atomic E-state index is 12.9. The average molecular weight is 499 g/mol. The lowest BCUT2D eigenvalue weighted by molar-refractivity contribution is -0.116. The van der Waals surface area contributed by atoms with Crippen LogP contribution in [0.15, 0.2) is 59.5 Å². The summed E-state index contributed by atoms with van der Waals surface area (Å²) in [6.45, 7) is 2.94. The van der Waals surface area contributed by atoms with Gasteiger partial charge in [-0.25, -0.2) is 8.42 Å².